The second kappa shape index (κ2) is 8.64. The molecule has 1 unspecified atom stereocenters. The molecule has 1 atom stereocenters. The van der Waals surface area contributed by atoms with Gasteiger partial charge in [-0.2, -0.15) is 0 Å². The van der Waals surface area contributed by atoms with E-state index < -0.39 is 0 Å². The molecule has 5 heteroatoms. The largest absolute Gasteiger partial charge is 0.496 e. The summed E-state index contributed by atoms with van der Waals surface area (Å²) in [5, 5.41) is 9.39. The first-order valence-electron chi connectivity index (χ1n) is 7.17. The van der Waals surface area contributed by atoms with Gasteiger partial charge < -0.3 is 14.6 Å². The number of rotatable bonds is 8. The summed E-state index contributed by atoms with van der Waals surface area (Å²) in [6.07, 6.45) is 0.429. The van der Waals surface area contributed by atoms with E-state index in [0.717, 1.165) is 25.1 Å². The van der Waals surface area contributed by atoms with Gasteiger partial charge in [0.2, 0.25) is 0 Å². The maximum Gasteiger partial charge on any atom is 0.337 e. The van der Waals surface area contributed by atoms with Gasteiger partial charge in [-0.3, -0.25) is 4.90 Å². The van der Waals surface area contributed by atoms with E-state index in [9.17, 15) is 9.90 Å². The van der Waals surface area contributed by atoms with Gasteiger partial charge >= 0.3 is 5.97 Å². The van der Waals surface area contributed by atoms with E-state index in [1.807, 2.05) is 6.07 Å². The summed E-state index contributed by atoms with van der Waals surface area (Å²) < 4.78 is 10.1. The van der Waals surface area contributed by atoms with E-state index in [1.54, 1.807) is 26.2 Å². The van der Waals surface area contributed by atoms with Crippen LogP contribution in [-0.4, -0.2) is 49.4 Å². The molecule has 0 spiro atoms. The highest BCUT2D eigenvalue weighted by molar-refractivity contribution is 5.89. The lowest BCUT2D eigenvalue weighted by atomic mass is 10.1. The molecule has 0 aliphatic carbocycles. The van der Waals surface area contributed by atoms with E-state index in [0.29, 0.717) is 17.9 Å². The van der Waals surface area contributed by atoms with Gasteiger partial charge in [0.25, 0.3) is 0 Å². The number of esters is 1. The Hall–Kier alpha value is -1.59. The van der Waals surface area contributed by atoms with Gasteiger partial charge in [-0.05, 0) is 32.0 Å². The molecule has 0 saturated carbocycles. The lowest BCUT2D eigenvalue weighted by molar-refractivity contribution is 0.0600. The number of carbonyl (C=O) groups excluding carboxylic acids is 1. The topological polar surface area (TPSA) is 59.0 Å². The Labute approximate surface area is 126 Å². The van der Waals surface area contributed by atoms with Crippen molar-refractivity contribution in [3.8, 4) is 5.75 Å². The first kappa shape index (κ1) is 17.5. The smallest absolute Gasteiger partial charge is 0.337 e. The van der Waals surface area contributed by atoms with Crippen LogP contribution < -0.4 is 4.74 Å². The molecule has 1 rings (SSSR count). The van der Waals surface area contributed by atoms with Crippen molar-refractivity contribution >= 4 is 5.97 Å². The number of aliphatic hydroxyl groups is 1. The van der Waals surface area contributed by atoms with Crippen LogP contribution in [0.1, 0.15) is 36.2 Å². The summed E-state index contributed by atoms with van der Waals surface area (Å²) in [6.45, 7) is 6.29. The van der Waals surface area contributed by atoms with Crippen molar-refractivity contribution in [2.24, 2.45) is 0 Å². The van der Waals surface area contributed by atoms with Crippen LogP contribution >= 0.6 is 0 Å². The molecule has 0 fully saturated rings. The van der Waals surface area contributed by atoms with Crippen LogP contribution in [0, 0.1) is 0 Å². The van der Waals surface area contributed by atoms with E-state index in [1.165, 1.54) is 7.11 Å². The second-order valence-electron chi connectivity index (χ2n) is 5.02. The van der Waals surface area contributed by atoms with Gasteiger partial charge in [0.15, 0.2) is 0 Å². The molecule has 0 bridgehead atoms. The summed E-state index contributed by atoms with van der Waals surface area (Å²) in [5.41, 5.74) is 1.49. The lowest BCUT2D eigenvalue weighted by Crippen LogP contribution is -2.26. The zero-order chi connectivity index (χ0) is 15.8. The molecule has 0 aliphatic rings. The quantitative estimate of drug-likeness (QED) is 0.744. The van der Waals surface area contributed by atoms with Crippen molar-refractivity contribution in [1.29, 1.82) is 0 Å². The van der Waals surface area contributed by atoms with Crippen molar-refractivity contribution in [2.75, 3.05) is 27.3 Å². The number of carbonyl (C=O) groups is 1. The van der Waals surface area contributed by atoms with E-state index in [4.69, 9.17) is 9.47 Å². The van der Waals surface area contributed by atoms with Crippen molar-refractivity contribution < 1.29 is 19.4 Å². The van der Waals surface area contributed by atoms with Crippen molar-refractivity contribution in [2.45, 2.75) is 32.9 Å². The molecule has 5 nitrogen and oxygen atoms in total. The highest BCUT2D eigenvalue weighted by Crippen LogP contribution is 2.22. The lowest BCUT2D eigenvalue weighted by Gasteiger charge is -2.22. The van der Waals surface area contributed by atoms with Crippen LogP contribution in [-0.2, 0) is 11.3 Å². The Morgan fingerprint density at radius 1 is 1.38 bits per heavy atom. The van der Waals surface area contributed by atoms with Gasteiger partial charge in [-0.15, -0.1) is 0 Å². The van der Waals surface area contributed by atoms with Gasteiger partial charge in [0, 0.05) is 18.7 Å². The average molecular weight is 295 g/mol. The average Bonchev–Trinajstić information content (AvgIpc) is 2.50. The first-order valence-corrected chi connectivity index (χ1v) is 7.17. The third kappa shape index (κ3) is 5.36. The Kier molecular flexibility index (Phi) is 7.19. The maximum atomic E-state index is 11.5. The van der Waals surface area contributed by atoms with Gasteiger partial charge in [0.1, 0.15) is 5.75 Å². The molecule has 118 valence electrons. The van der Waals surface area contributed by atoms with Crippen molar-refractivity contribution in [3.05, 3.63) is 29.3 Å². The number of ether oxygens (including phenoxy) is 2. The molecule has 1 N–H and O–H groups in total. The normalized spacial score (nSPS) is 12.3. The van der Waals surface area contributed by atoms with Crippen LogP contribution in [0.5, 0.6) is 5.75 Å². The second-order valence-corrected chi connectivity index (χ2v) is 5.02. The third-order valence-corrected chi connectivity index (χ3v) is 3.41. The Bertz CT molecular complexity index is 460. The molecule has 0 aliphatic heterocycles. The molecule has 0 heterocycles. The molecule has 0 saturated heterocycles. The minimum absolute atomic E-state index is 0.303. The first-order chi connectivity index (χ1) is 10.0. The summed E-state index contributed by atoms with van der Waals surface area (Å²) in [5.74, 6) is 0.301. The molecule has 0 aromatic heterocycles. The summed E-state index contributed by atoms with van der Waals surface area (Å²) in [7, 11) is 2.95. The summed E-state index contributed by atoms with van der Waals surface area (Å²) in [4.78, 5) is 13.8. The summed E-state index contributed by atoms with van der Waals surface area (Å²) >= 11 is 0. The maximum absolute atomic E-state index is 11.5. The van der Waals surface area contributed by atoms with Gasteiger partial charge in [-0.25, -0.2) is 4.79 Å². The van der Waals surface area contributed by atoms with Gasteiger partial charge in [0.05, 0.1) is 25.9 Å². The molecule has 21 heavy (non-hydrogen) atoms. The van der Waals surface area contributed by atoms with Crippen molar-refractivity contribution in [3.63, 3.8) is 0 Å². The predicted octanol–water partition coefficient (Wildman–Crippen LogP) is 2.07. The number of hydrogen-bond donors (Lipinski definition) is 1. The Balaban J connectivity index is 2.83. The fraction of sp³-hybridized carbons (Fsp3) is 0.562. The monoisotopic (exact) mass is 295 g/mol. The van der Waals surface area contributed by atoms with E-state index in [2.05, 4.69) is 11.8 Å². The fourth-order valence-corrected chi connectivity index (χ4v) is 2.08. The van der Waals surface area contributed by atoms with Crippen LogP contribution in [0.25, 0.3) is 0 Å². The molecule has 0 amide bonds. The van der Waals surface area contributed by atoms with Gasteiger partial charge in [-0.1, -0.05) is 13.0 Å². The Morgan fingerprint density at radius 3 is 2.62 bits per heavy atom. The predicted molar refractivity (Wildman–Crippen MR) is 81.6 cm³/mol. The zero-order valence-corrected chi connectivity index (χ0v) is 13.3. The minimum atomic E-state index is -0.374. The highest BCUT2D eigenvalue weighted by Gasteiger charge is 2.13. The minimum Gasteiger partial charge on any atom is -0.496 e. The zero-order valence-electron chi connectivity index (χ0n) is 13.3. The van der Waals surface area contributed by atoms with Crippen LogP contribution in [0.2, 0.25) is 0 Å². The summed E-state index contributed by atoms with van der Waals surface area (Å²) in [6, 6.07) is 5.33. The van der Waals surface area contributed by atoms with Crippen LogP contribution in [0.4, 0.5) is 0 Å². The fourth-order valence-electron chi connectivity index (χ4n) is 2.08. The molecular weight excluding hydrogens is 270 g/mol. The van der Waals surface area contributed by atoms with E-state index in [-0.39, 0.29) is 12.1 Å². The SMILES string of the molecule is CCN(CCC(C)O)Cc1ccc(C(=O)OC)cc1OC. The van der Waals surface area contributed by atoms with Crippen molar-refractivity contribution in [1.82, 2.24) is 4.90 Å². The molecular formula is C16H25NO4. The van der Waals surface area contributed by atoms with Crippen LogP contribution in [0.15, 0.2) is 18.2 Å². The van der Waals surface area contributed by atoms with E-state index >= 15 is 0 Å². The third-order valence-electron chi connectivity index (χ3n) is 3.41. The molecule has 1 aromatic rings. The van der Waals surface area contributed by atoms with Crippen LogP contribution in [0.3, 0.4) is 0 Å². The molecule has 1 aromatic carbocycles. The number of methoxy groups -OCH3 is 2. The Morgan fingerprint density at radius 2 is 2.10 bits per heavy atom. The molecule has 0 radical (unpaired) electrons. The number of aliphatic hydroxyl groups excluding tert-OH is 1. The number of hydrogen-bond acceptors (Lipinski definition) is 5. The highest BCUT2D eigenvalue weighted by atomic mass is 16.5. The standard InChI is InChI=1S/C16H25NO4/c1-5-17(9-8-12(2)18)11-14-7-6-13(16(19)21-4)10-15(14)20-3/h6-7,10,12,18H,5,8-9,11H2,1-4H3. The number of benzene rings is 1. The number of nitrogens with zero attached hydrogens (tertiary/aromatic N) is 1.